The summed E-state index contributed by atoms with van der Waals surface area (Å²) in [7, 11) is 0. The Bertz CT molecular complexity index is 1190. The lowest BCUT2D eigenvalue weighted by atomic mass is 10.0. The highest BCUT2D eigenvalue weighted by molar-refractivity contribution is 7.15. The fraction of sp³-hybridized carbons (Fsp3) is 0.0455. The van der Waals surface area contributed by atoms with Crippen molar-refractivity contribution in [2.75, 3.05) is 0 Å². The summed E-state index contributed by atoms with van der Waals surface area (Å²) in [6.45, 7) is 0.404. The molecule has 0 unspecified atom stereocenters. The number of aromatic nitrogens is 2. The largest absolute Gasteiger partial charge is 0.463 e. The van der Waals surface area contributed by atoms with Gasteiger partial charge in [-0.05, 0) is 23.3 Å². The third kappa shape index (κ3) is 2.68. The summed E-state index contributed by atoms with van der Waals surface area (Å²) in [5, 5.41) is 2.06. The van der Waals surface area contributed by atoms with Gasteiger partial charge in [-0.1, -0.05) is 54.6 Å². The second-order valence-electron chi connectivity index (χ2n) is 6.27. The normalized spacial score (nSPS) is 11.3. The van der Waals surface area contributed by atoms with Crippen molar-refractivity contribution in [1.29, 1.82) is 0 Å². The van der Waals surface area contributed by atoms with Crippen molar-refractivity contribution in [3.63, 3.8) is 0 Å². The number of thiazole rings is 1. The van der Waals surface area contributed by atoms with Crippen molar-refractivity contribution in [1.82, 2.24) is 9.38 Å². The number of hydrogen-bond donors (Lipinski definition) is 1. The molecule has 2 aromatic carbocycles. The average molecular weight is 371 g/mol. The highest BCUT2D eigenvalue weighted by Crippen LogP contribution is 2.33. The van der Waals surface area contributed by atoms with Crippen LogP contribution in [0, 0.1) is 0 Å². The maximum Gasteiger partial charge on any atom is 0.195 e. The van der Waals surface area contributed by atoms with Crippen LogP contribution in [-0.4, -0.2) is 9.38 Å². The molecule has 0 fully saturated rings. The predicted molar refractivity (Wildman–Crippen MR) is 110 cm³/mol. The number of benzene rings is 2. The maximum absolute atomic E-state index is 6.11. The standard InChI is InChI=1S/C22H17N3OS/c23-13-18-21(17-10-8-16(9-11-17)15-5-2-1-3-6-15)24-22-25(18)19(14-27-22)20-7-4-12-26-20/h1-12,14H,13,23H2. The van der Waals surface area contributed by atoms with Crippen molar-refractivity contribution >= 4 is 16.3 Å². The third-order valence-corrected chi connectivity index (χ3v) is 5.52. The topological polar surface area (TPSA) is 56.5 Å². The summed E-state index contributed by atoms with van der Waals surface area (Å²) >= 11 is 1.59. The van der Waals surface area contributed by atoms with Crippen LogP contribution in [-0.2, 0) is 6.54 Å². The molecule has 0 saturated carbocycles. The molecule has 0 atom stereocenters. The Kier molecular flexibility index (Phi) is 3.89. The molecular weight excluding hydrogens is 354 g/mol. The number of furan rings is 1. The molecule has 0 saturated heterocycles. The van der Waals surface area contributed by atoms with Crippen LogP contribution in [0.1, 0.15) is 5.69 Å². The molecule has 5 rings (SSSR count). The van der Waals surface area contributed by atoms with Crippen molar-refractivity contribution in [2.24, 2.45) is 5.73 Å². The molecule has 4 nitrogen and oxygen atoms in total. The van der Waals surface area contributed by atoms with Gasteiger partial charge in [0.2, 0.25) is 0 Å². The van der Waals surface area contributed by atoms with E-state index in [4.69, 9.17) is 15.1 Å². The first-order chi connectivity index (χ1) is 13.3. The molecule has 0 bridgehead atoms. The van der Waals surface area contributed by atoms with E-state index in [1.807, 2.05) is 18.2 Å². The summed E-state index contributed by atoms with van der Waals surface area (Å²) < 4.78 is 7.68. The number of imidazole rings is 1. The lowest BCUT2D eigenvalue weighted by molar-refractivity contribution is 0.579. The Hall–Kier alpha value is -3.15. The van der Waals surface area contributed by atoms with E-state index < -0.39 is 0 Å². The summed E-state index contributed by atoms with van der Waals surface area (Å²) in [5.74, 6) is 0.819. The molecule has 5 heteroatoms. The Morgan fingerprint density at radius 2 is 1.63 bits per heavy atom. The summed E-state index contributed by atoms with van der Waals surface area (Å²) in [6, 6.07) is 22.7. The van der Waals surface area contributed by atoms with Gasteiger partial charge in [-0.25, -0.2) is 4.98 Å². The first-order valence-corrected chi connectivity index (χ1v) is 9.62. The van der Waals surface area contributed by atoms with E-state index in [0.29, 0.717) is 6.54 Å². The molecule has 0 aliphatic carbocycles. The van der Waals surface area contributed by atoms with Gasteiger partial charge in [0.25, 0.3) is 0 Å². The van der Waals surface area contributed by atoms with E-state index in [9.17, 15) is 0 Å². The Morgan fingerprint density at radius 3 is 2.33 bits per heavy atom. The van der Waals surface area contributed by atoms with Gasteiger partial charge in [0, 0.05) is 17.5 Å². The number of hydrogen-bond acceptors (Lipinski definition) is 4. The zero-order valence-electron chi connectivity index (χ0n) is 14.5. The van der Waals surface area contributed by atoms with Crippen LogP contribution in [0.25, 0.3) is 38.8 Å². The van der Waals surface area contributed by atoms with Crippen LogP contribution in [0.5, 0.6) is 0 Å². The van der Waals surface area contributed by atoms with E-state index in [1.54, 1.807) is 17.6 Å². The molecule has 0 aliphatic rings. The predicted octanol–water partition coefficient (Wildman–Crippen LogP) is 5.45. The number of nitrogens with zero attached hydrogens (tertiary/aromatic N) is 2. The molecule has 0 aliphatic heterocycles. The molecule has 5 aromatic rings. The highest BCUT2D eigenvalue weighted by atomic mass is 32.1. The molecule has 0 radical (unpaired) electrons. The van der Waals surface area contributed by atoms with E-state index in [0.717, 1.165) is 33.4 Å². The SMILES string of the molecule is NCc1c(-c2ccc(-c3ccccc3)cc2)nc2scc(-c3ccco3)n12. The lowest BCUT2D eigenvalue weighted by Gasteiger charge is -2.06. The van der Waals surface area contributed by atoms with E-state index in [-0.39, 0.29) is 0 Å². The van der Waals surface area contributed by atoms with E-state index in [1.165, 1.54) is 11.1 Å². The Morgan fingerprint density at radius 1 is 0.889 bits per heavy atom. The van der Waals surface area contributed by atoms with Gasteiger partial charge >= 0.3 is 0 Å². The zero-order valence-corrected chi connectivity index (χ0v) is 15.3. The van der Waals surface area contributed by atoms with Crippen LogP contribution >= 0.6 is 11.3 Å². The van der Waals surface area contributed by atoms with Gasteiger partial charge in [-0.15, -0.1) is 11.3 Å². The number of rotatable bonds is 4. The molecule has 0 spiro atoms. The van der Waals surface area contributed by atoms with Crippen LogP contribution in [0.2, 0.25) is 0 Å². The first kappa shape index (κ1) is 16.1. The minimum atomic E-state index is 0.404. The molecule has 3 heterocycles. The lowest BCUT2D eigenvalue weighted by Crippen LogP contribution is -2.03. The van der Waals surface area contributed by atoms with Gasteiger partial charge in [-0.2, -0.15) is 0 Å². The minimum Gasteiger partial charge on any atom is -0.463 e. The third-order valence-electron chi connectivity index (χ3n) is 4.69. The second-order valence-corrected chi connectivity index (χ2v) is 7.11. The van der Waals surface area contributed by atoms with Crippen LogP contribution < -0.4 is 5.73 Å². The van der Waals surface area contributed by atoms with Crippen LogP contribution in [0.4, 0.5) is 0 Å². The van der Waals surface area contributed by atoms with Crippen molar-refractivity contribution < 1.29 is 4.42 Å². The molecular formula is C22H17N3OS. The van der Waals surface area contributed by atoms with Gasteiger partial charge in [0.1, 0.15) is 5.69 Å². The quantitative estimate of drug-likeness (QED) is 0.457. The summed E-state index contributed by atoms with van der Waals surface area (Å²) in [4.78, 5) is 5.77. The molecule has 27 heavy (non-hydrogen) atoms. The van der Waals surface area contributed by atoms with Gasteiger partial charge in [-0.3, -0.25) is 4.40 Å². The second kappa shape index (κ2) is 6.54. The zero-order chi connectivity index (χ0) is 18.2. The van der Waals surface area contributed by atoms with Crippen molar-refractivity contribution in [2.45, 2.75) is 6.54 Å². The van der Waals surface area contributed by atoms with E-state index >= 15 is 0 Å². The molecule has 3 aromatic heterocycles. The smallest absolute Gasteiger partial charge is 0.195 e. The van der Waals surface area contributed by atoms with Crippen molar-refractivity contribution in [3.05, 3.63) is 84.1 Å². The Balaban J connectivity index is 1.61. The van der Waals surface area contributed by atoms with Crippen LogP contribution in [0.3, 0.4) is 0 Å². The van der Waals surface area contributed by atoms with Crippen LogP contribution in [0.15, 0.2) is 82.8 Å². The Labute approximate surface area is 160 Å². The minimum absolute atomic E-state index is 0.404. The summed E-state index contributed by atoms with van der Waals surface area (Å²) in [6.07, 6.45) is 1.68. The average Bonchev–Trinajstić information content (AvgIpc) is 3.45. The fourth-order valence-electron chi connectivity index (χ4n) is 3.38. The van der Waals surface area contributed by atoms with Gasteiger partial charge in [0.05, 0.1) is 17.7 Å². The van der Waals surface area contributed by atoms with Crippen molar-refractivity contribution in [3.8, 4) is 33.8 Å². The first-order valence-electron chi connectivity index (χ1n) is 8.74. The molecule has 132 valence electrons. The highest BCUT2D eigenvalue weighted by Gasteiger charge is 2.19. The van der Waals surface area contributed by atoms with Gasteiger partial charge in [0.15, 0.2) is 10.7 Å². The fourth-order valence-corrected chi connectivity index (χ4v) is 4.28. The number of fused-ring (bicyclic) bond motifs is 1. The van der Waals surface area contributed by atoms with E-state index in [2.05, 4.69) is 58.3 Å². The maximum atomic E-state index is 6.11. The number of nitrogens with two attached hydrogens (primary N) is 1. The summed E-state index contributed by atoms with van der Waals surface area (Å²) in [5.41, 5.74) is 12.5. The molecule has 2 N–H and O–H groups in total. The monoisotopic (exact) mass is 371 g/mol. The molecule has 0 amide bonds. The van der Waals surface area contributed by atoms with Gasteiger partial charge < -0.3 is 10.2 Å².